The number of anilines is 1. The number of carbonyl (C=O) groups is 2. The molecule has 2 fully saturated rings. The summed E-state index contributed by atoms with van der Waals surface area (Å²) in [5.74, 6) is 0.387. The fourth-order valence-electron chi connectivity index (χ4n) is 3.94. The first-order chi connectivity index (χ1) is 12.1. The molecule has 0 atom stereocenters. The Morgan fingerprint density at radius 1 is 1.08 bits per heavy atom. The highest BCUT2D eigenvalue weighted by Gasteiger charge is 2.56. The zero-order valence-corrected chi connectivity index (χ0v) is 14.3. The van der Waals surface area contributed by atoms with Crippen molar-refractivity contribution in [3.8, 4) is 0 Å². The molecule has 0 radical (unpaired) electrons. The number of likely N-dealkylation sites (N-methyl/N-ethyl adjacent to an activating group) is 1. The van der Waals surface area contributed by atoms with E-state index in [9.17, 15) is 9.59 Å². The van der Waals surface area contributed by atoms with Crippen LogP contribution in [0.2, 0.25) is 0 Å². The first-order valence-corrected chi connectivity index (χ1v) is 8.67. The first kappa shape index (κ1) is 15.8. The summed E-state index contributed by atoms with van der Waals surface area (Å²) in [5.41, 5.74) is 0.141. The van der Waals surface area contributed by atoms with Gasteiger partial charge in [-0.3, -0.25) is 9.78 Å². The Hall–Kier alpha value is -2.70. The Balaban J connectivity index is 1.67. The van der Waals surface area contributed by atoms with Crippen molar-refractivity contribution in [2.24, 2.45) is 0 Å². The second kappa shape index (κ2) is 5.98. The van der Waals surface area contributed by atoms with Crippen molar-refractivity contribution in [1.29, 1.82) is 0 Å². The molecule has 1 aliphatic heterocycles. The van der Waals surface area contributed by atoms with Crippen molar-refractivity contribution in [2.75, 3.05) is 11.9 Å². The summed E-state index contributed by atoms with van der Waals surface area (Å²) in [6, 6.07) is 7.10. The molecule has 3 heterocycles. The van der Waals surface area contributed by atoms with Crippen molar-refractivity contribution in [3.05, 3.63) is 42.4 Å². The SMILES string of the molecule is CN1C(=O)N(c2ccnn2Cc2ccccn2)C(=O)C12CCCCC2. The van der Waals surface area contributed by atoms with Crippen molar-refractivity contribution in [1.82, 2.24) is 19.7 Å². The molecule has 2 aromatic heterocycles. The molecule has 1 aliphatic carbocycles. The molecule has 1 saturated heterocycles. The van der Waals surface area contributed by atoms with Crippen LogP contribution in [-0.2, 0) is 11.3 Å². The van der Waals surface area contributed by atoms with Gasteiger partial charge in [0.2, 0.25) is 0 Å². The van der Waals surface area contributed by atoms with Gasteiger partial charge in [0.1, 0.15) is 11.4 Å². The monoisotopic (exact) mass is 339 g/mol. The van der Waals surface area contributed by atoms with Gasteiger partial charge in [0.05, 0.1) is 18.4 Å². The zero-order chi connectivity index (χ0) is 17.4. The summed E-state index contributed by atoms with van der Waals surface area (Å²) in [5, 5.41) is 4.30. The predicted octanol–water partition coefficient (Wildman–Crippen LogP) is 2.43. The minimum atomic E-state index is -0.685. The number of carbonyl (C=O) groups excluding carboxylic acids is 2. The molecule has 1 spiro atoms. The van der Waals surface area contributed by atoms with Gasteiger partial charge in [-0.05, 0) is 25.0 Å². The molecule has 0 unspecified atom stereocenters. The lowest BCUT2D eigenvalue weighted by Gasteiger charge is -2.35. The van der Waals surface area contributed by atoms with E-state index in [1.165, 1.54) is 4.90 Å². The van der Waals surface area contributed by atoms with Crippen LogP contribution in [0.25, 0.3) is 0 Å². The van der Waals surface area contributed by atoms with Gasteiger partial charge in [0.15, 0.2) is 0 Å². The van der Waals surface area contributed by atoms with Crippen LogP contribution in [0.1, 0.15) is 37.8 Å². The third-order valence-corrected chi connectivity index (χ3v) is 5.36. The van der Waals surface area contributed by atoms with Gasteiger partial charge in [-0.1, -0.05) is 25.3 Å². The van der Waals surface area contributed by atoms with Gasteiger partial charge in [-0.25, -0.2) is 14.4 Å². The summed E-state index contributed by atoms with van der Waals surface area (Å²) in [4.78, 5) is 33.3. The number of hydrogen-bond acceptors (Lipinski definition) is 4. The van der Waals surface area contributed by atoms with Crippen LogP contribution in [0.15, 0.2) is 36.7 Å². The highest BCUT2D eigenvalue weighted by Crippen LogP contribution is 2.41. The first-order valence-electron chi connectivity index (χ1n) is 8.67. The van der Waals surface area contributed by atoms with Gasteiger partial charge in [0, 0.05) is 19.3 Å². The maximum absolute atomic E-state index is 13.2. The van der Waals surface area contributed by atoms with Gasteiger partial charge in [-0.15, -0.1) is 0 Å². The summed E-state index contributed by atoms with van der Waals surface area (Å²) in [6.45, 7) is 0.414. The second-order valence-corrected chi connectivity index (χ2v) is 6.74. The molecule has 7 heteroatoms. The van der Waals surface area contributed by atoms with Crippen LogP contribution in [0.4, 0.5) is 10.6 Å². The van der Waals surface area contributed by atoms with Crippen LogP contribution in [0.5, 0.6) is 0 Å². The van der Waals surface area contributed by atoms with Gasteiger partial charge in [-0.2, -0.15) is 5.10 Å². The molecule has 2 aromatic rings. The average molecular weight is 339 g/mol. The Morgan fingerprint density at radius 2 is 1.88 bits per heavy atom. The van der Waals surface area contributed by atoms with Gasteiger partial charge in [0.25, 0.3) is 5.91 Å². The minimum Gasteiger partial charge on any atom is -0.312 e. The number of hydrogen-bond donors (Lipinski definition) is 0. The molecule has 4 rings (SSSR count). The van der Waals surface area contributed by atoms with Crippen molar-refractivity contribution in [2.45, 2.75) is 44.2 Å². The zero-order valence-electron chi connectivity index (χ0n) is 14.3. The number of pyridine rings is 1. The van der Waals surface area contributed by atoms with Gasteiger partial charge >= 0.3 is 6.03 Å². The van der Waals surface area contributed by atoms with E-state index in [2.05, 4.69) is 10.1 Å². The standard InChI is InChI=1S/C18H21N5O2/c1-21-17(25)23(16(24)18(21)9-4-2-5-10-18)15-8-12-20-22(15)13-14-7-3-6-11-19-14/h3,6-8,11-12H,2,4-5,9-10,13H2,1H3. The summed E-state index contributed by atoms with van der Waals surface area (Å²) in [7, 11) is 1.74. The molecule has 3 amide bonds. The molecule has 0 bridgehead atoms. The fourth-order valence-corrected chi connectivity index (χ4v) is 3.94. The molecule has 2 aliphatic rings. The van der Waals surface area contributed by atoms with Crippen molar-refractivity contribution < 1.29 is 9.59 Å². The molecule has 1 saturated carbocycles. The van der Waals surface area contributed by atoms with E-state index in [0.29, 0.717) is 12.4 Å². The quantitative estimate of drug-likeness (QED) is 0.805. The number of nitrogens with zero attached hydrogens (tertiary/aromatic N) is 5. The maximum atomic E-state index is 13.2. The third kappa shape index (κ3) is 2.42. The van der Waals surface area contributed by atoms with E-state index in [1.807, 2.05) is 18.2 Å². The van der Waals surface area contributed by atoms with Crippen LogP contribution < -0.4 is 4.90 Å². The van der Waals surface area contributed by atoms with Crippen LogP contribution >= 0.6 is 0 Å². The molecule has 0 N–H and O–H groups in total. The minimum absolute atomic E-state index is 0.123. The van der Waals surface area contributed by atoms with E-state index in [4.69, 9.17) is 0 Å². The van der Waals surface area contributed by atoms with E-state index in [-0.39, 0.29) is 11.9 Å². The summed E-state index contributed by atoms with van der Waals surface area (Å²) >= 11 is 0. The van der Waals surface area contributed by atoms with Crippen molar-refractivity contribution in [3.63, 3.8) is 0 Å². The molecule has 7 nitrogen and oxygen atoms in total. The predicted molar refractivity (Wildman–Crippen MR) is 92.0 cm³/mol. The Labute approximate surface area is 146 Å². The maximum Gasteiger partial charge on any atom is 0.333 e. The normalized spacial score (nSPS) is 19.9. The largest absolute Gasteiger partial charge is 0.333 e. The van der Waals surface area contributed by atoms with E-state index in [1.54, 1.807) is 35.1 Å². The van der Waals surface area contributed by atoms with Crippen molar-refractivity contribution >= 4 is 17.8 Å². The Kier molecular flexibility index (Phi) is 3.78. The van der Waals surface area contributed by atoms with E-state index in [0.717, 1.165) is 37.8 Å². The summed E-state index contributed by atoms with van der Waals surface area (Å²) in [6.07, 6.45) is 7.88. The lowest BCUT2D eigenvalue weighted by Crippen LogP contribution is -2.49. The third-order valence-electron chi connectivity index (χ3n) is 5.36. The van der Waals surface area contributed by atoms with Crippen LogP contribution in [0, 0.1) is 0 Å². The molecular weight excluding hydrogens is 318 g/mol. The average Bonchev–Trinajstić information content (AvgIpc) is 3.15. The Morgan fingerprint density at radius 3 is 2.60 bits per heavy atom. The molecule has 0 aromatic carbocycles. The number of rotatable bonds is 3. The number of aromatic nitrogens is 3. The van der Waals surface area contributed by atoms with Crippen LogP contribution in [0.3, 0.4) is 0 Å². The topological polar surface area (TPSA) is 71.3 Å². The summed E-state index contributed by atoms with van der Waals surface area (Å²) < 4.78 is 1.66. The van der Waals surface area contributed by atoms with E-state index < -0.39 is 5.54 Å². The molecule has 25 heavy (non-hydrogen) atoms. The Bertz CT molecular complexity index is 795. The second-order valence-electron chi connectivity index (χ2n) is 6.74. The number of urea groups is 1. The lowest BCUT2D eigenvalue weighted by molar-refractivity contribution is -0.126. The molecular formula is C18H21N5O2. The smallest absolute Gasteiger partial charge is 0.312 e. The molecule has 130 valence electrons. The van der Waals surface area contributed by atoms with Gasteiger partial charge < -0.3 is 4.90 Å². The lowest BCUT2D eigenvalue weighted by atomic mass is 9.81. The number of amides is 3. The van der Waals surface area contributed by atoms with E-state index >= 15 is 0 Å². The number of imide groups is 1. The fraction of sp³-hybridized carbons (Fsp3) is 0.444. The highest BCUT2D eigenvalue weighted by atomic mass is 16.2. The van der Waals surface area contributed by atoms with Crippen LogP contribution in [-0.4, -0.2) is 44.2 Å². The highest BCUT2D eigenvalue weighted by molar-refractivity contribution is 6.22.